The second-order valence-electron chi connectivity index (χ2n) is 8.57. The van der Waals surface area contributed by atoms with Crippen LogP contribution < -0.4 is 10.1 Å². The van der Waals surface area contributed by atoms with Crippen molar-refractivity contribution in [1.82, 2.24) is 10.2 Å². The highest BCUT2D eigenvalue weighted by Gasteiger charge is 2.29. The second-order valence-corrected chi connectivity index (χ2v) is 8.57. The van der Waals surface area contributed by atoms with Gasteiger partial charge >= 0.3 is 0 Å². The van der Waals surface area contributed by atoms with Crippen molar-refractivity contribution >= 4 is 11.8 Å². The lowest BCUT2D eigenvalue weighted by Gasteiger charge is -2.31. The number of nitrogens with one attached hydrogen (secondary N) is 1. The van der Waals surface area contributed by atoms with Gasteiger partial charge in [0.25, 0.3) is 5.91 Å². The maximum Gasteiger partial charge on any atom is 0.261 e. The predicted octanol–water partition coefficient (Wildman–Crippen LogP) is 4.57. The van der Waals surface area contributed by atoms with E-state index in [4.69, 9.17) is 4.74 Å². The van der Waals surface area contributed by atoms with Gasteiger partial charge < -0.3 is 15.0 Å². The first-order valence-electron chi connectivity index (χ1n) is 11.0. The van der Waals surface area contributed by atoms with Crippen LogP contribution in [0.25, 0.3) is 0 Å². The summed E-state index contributed by atoms with van der Waals surface area (Å²) in [5.41, 5.74) is 4.25. The van der Waals surface area contributed by atoms with E-state index in [-0.39, 0.29) is 18.4 Å². The number of nitrogens with zero attached hydrogens (tertiary/aromatic N) is 1. The molecule has 0 bridgehead atoms. The number of hydrogen-bond acceptors (Lipinski definition) is 3. The SMILES string of the molecule is CC[C@H](C(=O)NCC(C)C)N(Cc1ccccc1C)C(=O)COc1ccc(C)cc1C. The molecule has 0 aliphatic heterocycles. The highest BCUT2D eigenvalue weighted by Crippen LogP contribution is 2.20. The van der Waals surface area contributed by atoms with Gasteiger partial charge in [0.05, 0.1) is 0 Å². The Morgan fingerprint density at radius 1 is 1.03 bits per heavy atom. The van der Waals surface area contributed by atoms with Crippen molar-refractivity contribution in [2.24, 2.45) is 5.92 Å². The molecule has 1 atom stereocenters. The lowest BCUT2D eigenvalue weighted by molar-refractivity contribution is -0.143. The number of ether oxygens (including phenoxy) is 1. The van der Waals surface area contributed by atoms with Crippen LogP contribution in [0.2, 0.25) is 0 Å². The predicted molar refractivity (Wildman–Crippen MR) is 125 cm³/mol. The molecule has 0 aliphatic rings. The van der Waals surface area contributed by atoms with Crippen LogP contribution in [0, 0.1) is 26.7 Å². The topological polar surface area (TPSA) is 58.6 Å². The van der Waals surface area contributed by atoms with Crippen molar-refractivity contribution in [3.8, 4) is 5.75 Å². The molecule has 2 aromatic carbocycles. The van der Waals surface area contributed by atoms with Gasteiger partial charge in [0.15, 0.2) is 6.61 Å². The van der Waals surface area contributed by atoms with E-state index in [0.717, 1.165) is 22.3 Å². The standard InChI is InChI=1S/C26H36N2O3/c1-7-23(26(30)27-15-18(2)3)28(16-22-11-9-8-10-20(22)5)25(29)17-31-24-13-12-19(4)14-21(24)6/h8-14,18,23H,7,15-17H2,1-6H3,(H,27,30)/t23-/m1/s1. The molecule has 0 aromatic heterocycles. The van der Waals surface area contributed by atoms with Gasteiger partial charge in [-0.15, -0.1) is 0 Å². The lowest BCUT2D eigenvalue weighted by atomic mass is 10.1. The molecule has 1 N–H and O–H groups in total. The first-order chi connectivity index (χ1) is 14.7. The van der Waals surface area contributed by atoms with Crippen molar-refractivity contribution in [2.45, 2.75) is 60.5 Å². The van der Waals surface area contributed by atoms with Gasteiger partial charge in [0, 0.05) is 13.1 Å². The first kappa shape index (κ1) is 24.4. The zero-order valence-corrected chi connectivity index (χ0v) is 19.7. The maximum atomic E-state index is 13.3. The van der Waals surface area contributed by atoms with Gasteiger partial charge in [-0.2, -0.15) is 0 Å². The van der Waals surface area contributed by atoms with Gasteiger partial charge in [0.1, 0.15) is 11.8 Å². The van der Waals surface area contributed by atoms with Crippen molar-refractivity contribution in [1.29, 1.82) is 0 Å². The molecule has 0 saturated heterocycles. The summed E-state index contributed by atoms with van der Waals surface area (Å²) in [6.45, 7) is 12.9. The molecule has 0 radical (unpaired) electrons. The number of hydrogen-bond donors (Lipinski definition) is 1. The Morgan fingerprint density at radius 2 is 1.74 bits per heavy atom. The van der Waals surface area contributed by atoms with E-state index >= 15 is 0 Å². The number of aryl methyl sites for hydroxylation is 3. The third-order valence-corrected chi connectivity index (χ3v) is 5.35. The third kappa shape index (κ3) is 7.12. The zero-order valence-electron chi connectivity index (χ0n) is 19.7. The molecule has 2 amide bonds. The largest absolute Gasteiger partial charge is 0.483 e. The Hall–Kier alpha value is -2.82. The van der Waals surface area contributed by atoms with Crippen molar-refractivity contribution in [3.05, 3.63) is 64.7 Å². The summed E-state index contributed by atoms with van der Waals surface area (Å²) in [5.74, 6) is 0.710. The monoisotopic (exact) mass is 424 g/mol. The van der Waals surface area contributed by atoms with E-state index in [1.54, 1.807) is 4.90 Å². The summed E-state index contributed by atoms with van der Waals surface area (Å²) in [4.78, 5) is 27.8. The molecule has 0 fully saturated rings. The molecular formula is C26H36N2O3. The Labute approximate surface area is 186 Å². The second kappa shape index (κ2) is 11.5. The zero-order chi connectivity index (χ0) is 23.0. The van der Waals surface area contributed by atoms with E-state index in [1.165, 1.54) is 0 Å². The molecule has 2 aromatic rings. The van der Waals surface area contributed by atoms with E-state index in [2.05, 4.69) is 19.2 Å². The highest BCUT2D eigenvalue weighted by molar-refractivity contribution is 5.88. The van der Waals surface area contributed by atoms with Crippen LogP contribution in [0.15, 0.2) is 42.5 Å². The summed E-state index contributed by atoms with van der Waals surface area (Å²) >= 11 is 0. The van der Waals surface area contributed by atoms with E-state index < -0.39 is 6.04 Å². The quantitative estimate of drug-likeness (QED) is 0.608. The van der Waals surface area contributed by atoms with Gasteiger partial charge in [-0.3, -0.25) is 9.59 Å². The van der Waals surface area contributed by atoms with Crippen LogP contribution in [0.1, 0.15) is 49.4 Å². The van der Waals surface area contributed by atoms with Crippen LogP contribution >= 0.6 is 0 Å². The van der Waals surface area contributed by atoms with E-state index in [1.807, 2.05) is 70.2 Å². The fourth-order valence-electron chi connectivity index (χ4n) is 3.50. The Morgan fingerprint density at radius 3 is 2.35 bits per heavy atom. The Bertz CT molecular complexity index is 892. The maximum absolute atomic E-state index is 13.3. The molecule has 2 rings (SSSR count). The summed E-state index contributed by atoms with van der Waals surface area (Å²) in [5, 5.41) is 2.98. The summed E-state index contributed by atoms with van der Waals surface area (Å²) in [7, 11) is 0. The number of benzene rings is 2. The Kier molecular flexibility index (Phi) is 9.10. The highest BCUT2D eigenvalue weighted by atomic mass is 16.5. The molecule has 0 heterocycles. The average Bonchev–Trinajstić information content (AvgIpc) is 2.72. The molecule has 0 saturated carbocycles. The van der Waals surface area contributed by atoms with Gasteiger partial charge in [-0.25, -0.2) is 0 Å². The van der Waals surface area contributed by atoms with Crippen LogP contribution in [-0.2, 0) is 16.1 Å². The molecule has 0 aliphatic carbocycles. The third-order valence-electron chi connectivity index (χ3n) is 5.35. The molecule has 5 heteroatoms. The van der Waals surface area contributed by atoms with Crippen molar-refractivity contribution in [3.63, 3.8) is 0 Å². The lowest BCUT2D eigenvalue weighted by Crippen LogP contribution is -2.50. The molecular weight excluding hydrogens is 388 g/mol. The fourth-order valence-corrected chi connectivity index (χ4v) is 3.50. The number of carbonyl (C=O) groups is 2. The normalized spacial score (nSPS) is 11.8. The minimum Gasteiger partial charge on any atom is -0.483 e. The number of rotatable bonds is 10. The summed E-state index contributed by atoms with van der Waals surface area (Å²) < 4.78 is 5.85. The van der Waals surface area contributed by atoms with Gasteiger partial charge in [0.2, 0.25) is 5.91 Å². The number of amides is 2. The van der Waals surface area contributed by atoms with E-state index in [0.29, 0.717) is 31.2 Å². The molecule has 31 heavy (non-hydrogen) atoms. The molecule has 0 unspecified atom stereocenters. The van der Waals surface area contributed by atoms with Crippen LogP contribution in [-0.4, -0.2) is 35.9 Å². The first-order valence-corrected chi connectivity index (χ1v) is 11.0. The number of carbonyl (C=O) groups excluding carboxylic acids is 2. The average molecular weight is 425 g/mol. The van der Waals surface area contributed by atoms with Gasteiger partial charge in [-0.1, -0.05) is 62.7 Å². The molecule has 5 nitrogen and oxygen atoms in total. The minimum atomic E-state index is -0.548. The summed E-state index contributed by atoms with van der Waals surface area (Å²) in [6, 6.07) is 13.3. The summed E-state index contributed by atoms with van der Waals surface area (Å²) in [6.07, 6.45) is 0.533. The Balaban J connectivity index is 2.23. The van der Waals surface area contributed by atoms with Gasteiger partial charge in [-0.05, 0) is 55.9 Å². The van der Waals surface area contributed by atoms with Crippen LogP contribution in [0.4, 0.5) is 0 Å². The van der Waals surface area contributed by atoms with E-state index in [9.17, 15) is 9.59 Å². The van der Waals surface area contributed by atoms with Crippen LogP contribution in [0.5, 0.6) is 5.75 Å². The minimum absolute atomic E-state index is 0.107. The fraction of sp³-hybridized carbons (Fsp3) is 0.462. The van der Waals surface area contributed by atoms with Crippen molar-refractivity contribution in [2.75, 3.05) is 13.2 Å². The van der Waals surface area contributed by atoms with Crippen LogP contribution in [0.3, 0.4) is 0 Å². The molecule has 168 valence electrons. The smallest absolute Gasteiger partial charge is 0.261 e. The van der Waals surface area contributed by atoms with Crippen molar-refractivity contribution < 1.29 is 14.3 Å². The molecule has 0 spiro atoms.